The molecule has 4 aliphatic carbocycles. The maximum absolute atomic E-state index is 12.7. The van der Waals surface area contributed by atoms with Crippen molar-refractivity contribution in [1.29, 1.82) is 0 Å². The molecule has 0 aromatic carbocycles. The molecule has 0 bridgehead atoms. The lowest BCUT2D eigenvalue weighted by Gasteiger charge is -2.72. The molecule has 3 aliphatic heterocycles. The summed E-state index contributed by atoms with van der Waals surface area (Å²) < 4.78 is 37.7. The third-order valence-corrected chi connectivity index (χ3v) is 18.3. The molecule has 0 aromatic rings. The van der Waals surface area contributed by atoms with Crippen LogP contribution in [-0.4, -0.2) is 191 Å². The molecule has 0 aromatic heterocycles. The highest BCUT2D eigenvalue weighted by atomic mass is 16.8. The number of aliphatic hydroxyl groups excluding tert-OH is 12. The quantitative estimate of drug-likeness (QED) is 0.0874. The van der Waals surface area contributed by atoms with Crippen LogP contribution in [0.15, 0.2) is 11.6 Å². The molecule has 18 nitrogen and oxygen atoms in total. The zero-order valence-electron chi connectivity index (χ0n) is 39.3. The van der Waals surface area contributed by atoms with Crippen LogP contribution in [0.25, 0.3) is 0 Å². The Kier molecular flexibility index (Phi) is 15.1. The lowest BCUT2D eigenvalue weighted by Crippen LogP contribution is -2.71. The minimum absolute atomic E-state index is 0.0828. The fourth-order valence-electron chi connectivity index (χ4n) is 14.6. The third kappa shape index (κ3) is 8.72. The maximum Gasteiger partial charge on any atom is 0.187 e. The smallest absolute Gasteiger partial charge is 0.187 e. The van der Waals surface area contributed by atoms with Gasteiger partial charge in [-0.3, -0.25) is 0 Å². The van der Waals surface area contributed by atoms with Crippen molar-refractivity contribution in [2.24, 2.45) is 45.3 Å². The summed E-state index contributed by atoms with van der Waals surface area (Å²) in [6.45, 7) is 15.0. The van der Waals surface area contributed by atoms with Crippen molar-refractivity contribution in [2.75, 3.05) is 19.8 Å². The topological polar surface area (TPSA) is 298 Å². The Hall–Kier alpha value is -0.980. The molecule has 25 atom stereocenters. The van der Waals surface area contributed by atoms with Gasteiger partial charge in [0.2, 0.25) is 0 Å². The summed E-state index contributed by atoms with van der Waals surface area (Å²) in [6, 6.07) is 0. The number of rotatable bonds is 12. The van der Waals surface area contributed by atoms with Crippen LogP contribution in [0.3, 0.4) is 0 Å². The Balaban J connectivity index is 1.27. The molecule has 12 N–H and O–H groups in total. The van der Waals surface area contributed by atoms with Gasteiger partial charge in [0.25, 0.3) is 0 Å². The summed E-state index contributed by atoms with van der Waals surface area (Å²) in [4.78, 5) is 0. The maximum atomic E-state index is 12.7. The van der Waals surface area contributed by atoms with Gasteiger partial charge in [-0.25, -0.2) is 0 Å². The molecule has 18 heteroatoms. The van der Waals surface area contributed by atoms with E-state index in [1.165, 1.54) is 0 Å². The van der Waals surface area contributed by atoms with E-state index in [2.05, 4.69) is 26.8 Å². The normalized spacial score (nSPS) is 53.0. The predicted molar refractivity (Wildman–Crippen MR) is 229 cm³/mol. The first-order valence-electron chi connectivity index (χ1n) is 23.9. The summed E-state index contributed by atoms with van der Waals surface area (Å²) in [7, 11) is 0. The first-order chi connectivity index (χ1) is 30.3. The highest BCUT2D eigenvalue weighted by Crippen LogP contribution is 2.76. The second-order valence-electron chi connectivity index (χ2n) is 22.6. The van der Waals surface area contributed by atoms with Crippen molar-refractivity contribution in [2.45, 2.75) is 217 Å². The molecule has 0 radical (unpaired) electrons. The second kappa shape index (κ2) is 19.0. The molecule has 5 unspecified atom stereocenters. The Labute approximate surface area is 382 Å². The first-order valence-corrected chi connectivity index (χ1v) is 23.9. The van der Waals surface area contributed by atoms with Crippen LogP contribution in [0.1, 0.15) is 107 Å². The van der Waals surface area contributed by atoms with E-state index in [0.29, 0.717) is 51.4 Å². The molecule has 7 rings (SSSR count). The fraction of sp³-hybridized carbons (Fsp3) is 0.957. The Morgan fingerprint density at radius 1 is 0.692 bits per heavy atom. The van der Waals surface area contributed by atoms with Gasteiger partial charge in [-0.2, -0.15) is 0 Å². The molecule has 0 amide bonds. The summed E-state index contributed by atoms with van der Waals surface area (Å²) in [6.07, 6.45) is -17.2. The zero-order valence-corrected chi connectivity index (χ0v) is 39.3. The molecule has 0 spiro atoms. The number of fused-ring (bicyclic) bond motifs is 5. The Morgan fingerprint density at radius 3 is 1.94 bits per heavy atom. The molecule has 7 aliphatic rings. The molecular formula is C47H80O18. The van der Waals surface area contributed by atoms with Gasteiger partial charge in [-0.15, -0.1) is 0 Å². The van der Waals surface area contributed by atoms with Crippen molar-refractivity contribution in [3.05, 3.63) is 11.6 Å². The second-order valence-corrected chi connectivity index (χ2v) is 22.6. The van der Waals surface area contributed by atoms with Crippen LogP contribution in [-0.2, 0) is 28.4 Å². The molecule has 3 saturated heterocycles. The highest BCUT2D eigenvalue weighted by Gasteiger charge is 2.74. The van der Waals surface area contributed by atoms with Crippen LogP contribution in [0.4, 0.5) is 0 Å². The van der Waals surface area contributed by atoms with Crippen molar-refractivity contribution in [3.63, 3.8) is 0 Å². The van der Waals surface area contributed by atoms with Gasteiger partial charge in [0.05, 0.1) is 43.7 Å². The van der Waals surface area contributed by atoms with Crippen LogP contribution in [0.2, 0.25) is 0 Å². The summed E-state index contributed by atoms with van der Waals surface area (Å²) in [5.74, 6) is -1.11. The van der Waals surface area contributed by atoms with E-state index in [4.69, 9.17) is 28.4 Å². The minimum atomic E-state index is -1.73. The molecule has 376 valence electrons. The van der Waals surface area contributed by atoms with Crippen LogP contribution in [0, 0.1) is 45.3 Å². The van der Waals surface area contributed by atoms with Gasteiger partial charge in [-0.1, -0.05) is 46.3 Å². The van der Waals surface area contributed by atoms with Crippen LogP contribution >= 0.6 is 0 Å². The van der Waals surface area contributed by atoms with Crippen molar-refractivity contribution < 1.29 is 89.7 Å². The van der Waals surface area contributed by atoms with Crippen molar-refractivity contribution >= 4 is 0 Å². The third-order valence-electron chi connectivity index (χ3n) is 18.3. The average molecular weight is 933 g/mol. The number of allylic oxidation sites excluding steroid dienone is 2. The number of hydrogen-bond donors (Lipinski definition) is 12. The van der Waals surface area contributed by atoms with E-state index in [0.717, 1.165) is 5.57 Å². The molecule has 7 fully saturated rings. The van der Waals surface area contributed by atoms with Gasteiger partial charge in [0.1, 0.15) is 67.1 Å². The highest BCUT2D eigenvalue weighted by molar-refractivity contribution is 5.22. The number of aliphatic hydroxyl groups is 12. The van der Waals surface area contributed by atoms with Gasteiger partial charge in [0, 0.05) is 0 Å². The SMILES string of the molecule is CC(C)=CCC[C@](C)(O[C@@H]1OC(CO)[C@@H](O)C(O)[C@@H]1O)[C@H]1CC[C@]2(C)[C@@H]1[C@H](O)C[C@@H]1[C@@]3(C)CC[C@H](O)C(C)(C)[C@@H]3[C@@H](O[C@@H]3OC(CO)[C@@H](O)C(O)[C@@H]3O[C@@H]3OC[C@@H](O)C(O)[C@@H]3O)C[C@]12C. The van der Waals surface area contributed by atoms with Gasteiger partial charge >= 0.3 is 0 Å². The lowest BCUT2D eigenvalue weighted by molar-refractivity contribution is -0.377. The zero-order chi connectivity index (χ0) is 47.9. The van der Waals surface area contributed by atoms with Crippen molar-refractivity contribution in [3.8, 4) is 0 Å². The lowest BCUT2D eigenvalue weighted by atomic mass is 9.34. The van der Waals surface area contributed by atoms with E-state index >= 15 is 0 Å². The summed E-state index contributed by atoms with van der Waals surface area (Å²) in [5.41, 5.74) is -2.41. The Morgan fingerprint density at radius 2 is 1.31 bits per heavy atom. The van der Waals surface area contributed by atoms with Gasteiger partial charge < -0.3 is 89.7 Å². The van der Waals surface area contributed by atoms with Gasteiger partial charge in [-0.05, 0) is 117 Å². The minimum Gasteiger partial charge on any atom is -0.394 e. The molecular weight excluding hydrogens is 852 g/mol. The van der Waals surface area contributed by atoms with Crippen LogP contribution in [0.5, 0.6) is 0 Å². The van der Waals surface area contributed by atoms with Crippen LogP contribution < -0.4 is 0 Å². The largest absolute Gasteiger partial charge is 0.394 e. The molecule has 65 heavy (non-hydrogen) atoms. The van der Waals surface area contributed by atoms with E-state index < -0.39 is 145 Å². The molecule has 4 saturated carbocycles. The average Bonchev–Trinajstić information content (AvgIpc) is 3.63. The van der Waals surface area contributed by atoms with Crippen molar-refractivity contribution in [1.82, 2.24) is 0 Å². The Bertz CT molecular complexity index is 1660. The standard InChI is InChI=1S/C47H80O18/c1-21(2)10-9-13-47(8,65-41-37(59)34(56)32(54)26(18-48)62-41)22-11-15-45(6)30(22)23(50)16-28-44(5)14-12-29(52)43(3,4)39(44)25(17-46(28,45)7)61-42-38(35(57)33(55)27(19-49)63-42)64-40-36(58)31(53)24(51)20-60-40/h10,22-42,48-59H,9,11-20H2,1-8H3/t22-,23+,24+,25-,26?,27?,28+,29-,30-,31?,32+,33+,34?,35?,36-,37-,38-,39-,40-,41-,42+,44+,45+,46+,47-/m0/s1. The number of ether oxygens (including phenoxy) is 6. The summed E-state index contributed by atoms with van der Waals surface area (Å²) in [5, 5.41) is 131. The number of hydrogen-bond acceptors (Lipinski definition) is 18. The monoisotopic (exact) mass is 933 g/mol. The van der Waals surface area contributed by atoms with Gasteiger partial charge in [0.15, 0.2) is 18.9 Å². The summed E-state index contributed by atoms with van der Waals surface area (Å²) >= 11 is 0. The van der Waals surface area contributed by atoms with E-state index in [1.54, 1.807) is 0 Å². The fourth-order valence-corrected chi connectivity index (χ4v) is 14.6. The van der Waals surface area contributed by atoms with E-state index in [1.807, 2.05) is 34.6 Å². The first kappa shape index (κ1) is 51.9. The van der Waals surface area contributed by atoms with E-state index in [-0.39, 0.29) is 30.3 Å². The molecule has 3 heterocycles. The van der Waals surface area contributed by atoms with E-state index in [9.17, 15) is 61.3 Å². The predicted octanol–water partition coefficient (Wildman–Crippen LogP) is -0.417.